The number of carbonyl (C=O) groups excluding carboxylic acids is 1. The second-order valence-electron chi connectivity index (χ2n) is 3.99. The van der Waals surface area contributed by atoms with Gasteiger partial charge in [-0.3, -0.25) is 9.78 Å². The van der Waals surface area contributed by atoms with Gasteiger partial charge < -0.3 is 10.6 Å². The SMILES string of the molecule is CCNc1ccnc(C(=O)NC2CCSC2)c1. The van der Waals surface area contributed by atoms with Gasteiger partial charge in [-0.1, -0.05) is 0 Å². The number of carbonyl (C=O) groups is 1. The maximum atomic E-state index is 11.9. The summed E-state index contributed by atoms with van der Waals surface area (Å²) in [4.78, 5) is 16.1. The van der Waals surface area contributed by atoms with Crippen LogP contribution in [0.25, 0.3) is 0 Å². The molecule has 2 N–H and O–H groups in total. The molecule has 1 fully saturated rings. The largest absolute Gasteiger partial charge is 0.385 e. The standard InChI is InChI=1S/C12H17N3OS/c1-2-13-9-3-5-14-11(7-9)12(16)15-10-4-6-17-8-10/h3,5,7,10H,2,4,6,8H2,1H3,(H,13,14)(H,15,16). The van der Waals surface area contributed by atoms with Gasteiger partial charge in [-0.2, -0.15) is 11.8 Å². The van der Waals surface area contributed by atoms with Gasteiger partial charge in [0.1, 0.15) is 5.69 Å². The molecule has 0 spiro atoms. The Morgan fingerprint density at radius 2 is 2.53 bits per heavy atom. The molecule has 1 atom stereocenters. The molecule has 1 amide bonds. The van der Waals surface area contributed by atoms with E-state index in [1.807, 2.05) is 24.8 Å². The van der Waals surface area contributed by atoms with Crippen molar-refractivity contribution >= 4 is 23.4 Å². The van der Waals surface area contributed by atoms with Gasteiger partial charge in [0.25, 0.3) is 5.91 Å². The summed E-state index contributed by atoms with van der Waals surface area (Å²) in [6, 6.07) is 3.96. The number of amides is 1. The fraction of sp³-hybridized carbons (Fsp3) is 0.500. The Labute approximate surface area is 106 Å². The van der Waals surface area contributed by atoms with Crippen LogP contribution in [0, 0.1) is 0 Å². The fourth-order valence-electron chi connectivity index (χ4n) is 1.78. The molecule has 1 saturated heterocycles. The van der Waals surface area contributed by atoms with Crippen molar-refractivity contribution in [2.24, 2.45) is 0 Å². The molecule has 1 aliphatic heterocycles. The number of nitrogens with one attached hydrogen (secondary N) is 2. The number of thioether (sulfide) groups is 1. The molecule has 17 heavy (non-hydrogen) atoms. The average Bonchev–Trinajstić information content (AvgIpc) is 2.83. The second kappa shape index (κ2) is 5.91. The lowest BCUT2D eigenvalue weighted by Gasteiger charge is -2.11. The highest BCUT2D eigenvalue weighted by Gasteiger charge is 2.18. The maximum absolute atomic E-state index is 11.9. The fourth-order valence-corrected chi connectivity index (χ4v) is 2.93. The first-order valence-electron chi connectivity index (χ1n) is 5.88. The number of rotatable bonds is 4. The lowest BCUT2D eigenvalue weighted by atomic mass is 10.2. The van der Waals surface area contributed by atoms with Gasteiger partial charge in [-0.25, -0.2) is 0 Å². The van der Waals surface area contributed by atoms with E-state index in [1.165, 1.54) is 0 Å². The minimum atomic E-state index is -0.0720. The number of hydrogen-bond acceptors (Lipinski definition) is 4. The zero-order valence-electron chi connectivity index (χ0n) is 9.90. The molecule has 0 radical (unpaired) electrons. The van der Waals surface area contributed by atoms with E-state index in [2.05, 4.69) is 15.6 Å². The van der Waals surface area contributed by atoms with E-state index < -0.39 is 0 Å². The third-order valence-corrected chi connectivity index (χ3v) is 3.80. The summed E-state index contributed by atoms with van der Waals surface area (Å²) in [5.41, 5.74) is 1.42. The number of anilines is 1. The summed E-state index contributed by atoms with van der Waals surface area (Å²) in [7, 11) is 0. The quantitative estimate of drug-likeness (QED) is 0.856. The van der Waals surface area contributed by atoms with Gasteiger partial charge in [0.15, 0.2) is 0 Å². The number of pyridine rings is 1. The van der Waals surface area contributed by atoms with Gasteiger partial charge in [-0.05, 0) is 31.2 Å². The molecular weight excluding hydrogens is 234 g/mol. The Bertz CT molecular complexity index is 391. The topological polar surface area (TPSA) is 54.0 Å². The van der Waals surface area contributed by atoms with E-state index in [0.717, 1.165) is 30.2 Å². The highest BCUT2D eigenvalue weighted by Crippen LogP contribution is 2.17. The Morgan fingerprint density at radius 3 is 3.24 bits per heavy atom. The molecule has 0 saturated carbocycles. The van der Waals surface area contributed by atoms with Crippen LogP contribution in [0.5, 0.6) is 0 Å². The van der Waals surface area contributed by atoms with Crippen molar-refractivity contribution in [1.29, 1.82) is 0 Å². The molecule has 1 aliphatic rings. The van der Waals surface area contributed by atoms with Gasteiger partial charge in [0.05, 0.1) is 0 Å². The highest BCUT2D eigenvalue weighted by molar-refractivity contribution is 7.99. The normalized spacial score (nSPS) is 19.0. The first kappa shape index (κ1) is 12.2. The third-order valence-electron chi connectivity index (χ3n) is 2.64. The number of hydrogen-bond donors (Lipinski definition) is 2. The molecule has 2 rings (SSSR count). The Kier molecular flexibility index (Phi) is 4.25. The van der Waals surface area contributed by atoms with Gasteiger partial charge in [0.2, 0.25) is 0 Å². The van der Waals surface area contributed by atoms with Gasteiger partial charge in [0, 0.05) is 30.2 Å². The molecule has 4 nitrogen and oxygen atoms in total. The molecule has 1 aromatic rings. The second-order valence-corrected chi connectivity index (χ2v) is 5.14. The van der Waals surface area contributed by atoms with Crippen LogP contribution in [0.3, 0.4) is 0 Å². The van der Waals surface area contributed by atoms with Crippen molar-refractivity contribution in [2.45, 2.75) is 19.4 Å². The van der Waals surface area contributed by atoms with Crippen LogP contribution in [-0.2, 0) is 0 Å². The van der Waals surface area contributed by atoms with E-state index in [-0.39, 0.29) is 5.91 Å². The summed E-state index contributed by atoms with van der Waals surface area (Å²) >= 11 is 1.88. The maximum Gasteiger partial charge on any atom is 0.270 e. The van der Waals surface area contributed by atoms with Crippen molar-refractivity contribution in [3.8, 4) is 0 Å². The number of nitrogens with zero attached hydrogens (tertiary/aromatic N) is 1. The van der Waals surface area contributed by atoms with Crippen LogP contribution < -0.4 is 10.6 Å². The van der Waals surface area contributed by atoms with Gasteiger partial charge >= 0.3 is 0 Å². The van der Waals surface area contributed by atoms with Crippen molar-refractivity contribution in [3.63, 3.8) is 0 Å². The smallest absolute Gasteiger partial charge is 0.270 e. The summed E-state index contributed by atoms with van der Waals surface area (Å²) in [6.07, 6.45) is 2.72. The third kappa shape index (κ3) is 3.36. The summed E-state index contributed by atoms with van der Waals surface area (Å²) in [6.45, 7) is 2.86. The summed E-state index contributed by atoms with van der Waals surface area (Å²) < 4.78 is 0. The first-order chi connectivity index (χ1) is 8.29. The lowest BCUT2D eigenvalue weighted by Crippen LogP contribution is -2.35. The molecule has 0 bridgehead atoms. The summed E-state index contributed by atoms with van der Waals surface area (Å²) in [5.74, 6) is 2.08. The van der Waals surface area contributed by atoms with Crippen molar-refractivity contribution in [2.75, 3.05) is 23.4 Å². The van der Waals surface area contributed by atoms with Crippen LogP contribution >= 0.6 is 11.8 Å². The van der Waals surface area contributed by atoms with E-state index in [0.29, 0.717) is 11.7 Å². The van der Waals surface area contributed by atoms with Crippen molar-refractivity contribution < 1.29 is 4.79 Å². The van der Waals surface area contributed by atoms with Crippen LogP contribution in [0.15, 0.2) is 18.3 Å². The lowest BCUT2D eigenvalue weighted by molar-refractivity contribution is 0.0936. The molecule has 1 unspecified atom stereocenters. The highest BCUT2D eigenvalue weighted by atomic mass is 32.2. The zero-order valence-corrected chi connectivity index (χ0v) is 10.7. The van der Waals surface area contributed by atoms with Crippen molar-refractivity contribution in [3.05, 3.63) is 24.0 Å². The molecule has 5 heteroatoms. The molecule has 1 aromatic heterocycles. The Morgan fingerprint density at radius 1 is 1.65 bits per heavy atom. The molecule has 92 valence electrons. The summed E-state index contributed by atoms with van der Waals surface area (Å²) in [5, 5.41) is 6.19. The predicted octanol–water partition coefficient (Wildman–Crippen LogP) is 1.75. The predicted molar refractivity (Wildman–Crippen MR) is 71.6 cm³/mol. The minimum Gasteiger partial charge on any atom is -0.385 e. The van der Waals surface area contributed by atoms with Crippen LogP contribution in [0.2, 0.25) is 0 Å². The van der Waals surface area contributed by atoms with E-state index in [4.69, 9.17) is 0 Å². The Hall–Kier alpha value is -1.23. The van der Waals surface area contributed by atoms with Crippen LogP contribution in [0.4, 0.5) is 5.69 Å². The molecule has 0 aliphatic carbocycles. The molecule has 0 aromatic carbocycles. The van der Waals surface area contributed by atoms with Crippen LogP contribution in [0.1, 0.15) is 23.8 Å². The van der Waals surface area contributed by atoms with E-state index >= 15 is 0 Å². The number of aromatic nitrogens is 1. The monoisotopic (exact) mass is 251 g/mol. The minimum absolute atomic E-state index is 0.0720. The molecular formula is C12H17N3OS. The Balaban J connectivity index is 1.99. The average molecular weight is 251 g/mol. The zero-order chi connectivity index (χ0) is 12.1. The first-order valence-corrected chi connectivity index (χ1v) is 7.03. The van der Waals surface area contributed by atoms with Crippen molar-refractivity contribution in [1.82, 2.24) is 10.3 Å². The van der Waals surface area contributed by atoms with Gasteiger partial charge in [-0.15, -0.1) is 0 Å². The molecule has 2 heterocycles. The van der Waals surface area contributed by atoms with E-state index in [1.54, 1.807) is 12.3 Å². The van der Waals surface area contributed by atoms with Crippen LogP contribution in [-0.4, -0.2) is 35.0 Å². The van der Waals surface area contributed by atoms with E-state index in [9.17, 15) is 4.79 Å².